The van der Waals surface area contributed by atoms with Crippen molar-refractivity contribution < 1.29 is 14.5 Å². The molecule has 0 spiro atoms. The van der Waals surface area contributed by atoms with Crippen LogP contribution in [0.15, 0.2) is 48.9 Å². The van der Waals surface area contributed by atoms with Crippen molar-refractivity contribution in [1.82, 2.24) is 15.0 Å². The van der Waals surface area contributed by atoms with Gasteiger partial charge in [0, 0.05) is 13.2 Å². The second kappa shape index (κ2) is 8.30. The number of nitrogens with one attached hydrogen (secondary N) is 1. The first-order valence-corrected chi connectivity index (χ1v) is 8.52. The van der Waals surface area contributed by atoms with Gasteiger partial charge < -0.3 is 15.0 Å². The highest BCUT2D eigenvalue weighted by Crippen LogP contribution is 2.37. The van der Waals surface area contributed by atoms with Crippen molar-refractivity contribution in [2.24, 2.45) is 0 Å². The Kier molecular flexibility index (Phi) is 5.63. The molecule has 0 saturated heterocycles. The molecule has 148 valence electrons. The summed E-state index contributed by atoms with van der Waals surface area (Å²) >= 11 is 0. The highest BCUT2D eigenvalue weighted by Gasteiger charge is 2.28. The molecule has 0 amide bonds. The summed E-state index contributed by atoms with van der Waals surface area (Å²) in [4.78, 5) is 37.1. The predicted octanol–water partition coefficient (Wildman–Crippen LogP) is 3.39. The molecule has 29 heavy (non-hydrogen) atoms. The van der Waals surface area contributed by atoms with E-state index in [1.807, 2.05) is 13.0 Å². The Morgan fingerprint density at radius 3 is 2.66 bits per heavy atom. The third-order valence-corrected chi connectivity index (χ3v) is 4.14. The summed E-state index contributed by atoms with van der Waals surface area (Å²) in [6.07, 6.45) is 2.79. The number of pyridine rings is 1. The number of esters is 1. The van der Waals surface area contributed by atoms with E-state index < -0.39 is 10.9 Å². The fourth-order valence-electron chi connectivity index (χ4n) is 2.76. The van der Waals surface area contributed by atoms with Crippen LogP contribution in [0.4, 0.5) is 28.8 Å². The van der Waals surface area contributed by atoms with Gasteiger partial charge in [0.05, 0.1) is 23.3 Å². The van der Waals surface area contributed by atoms with Gasteiger partial charge in [0.2, 0.25) is 11.6 Å². The van der Waals surface area contributed by atoms with Gasteiger partial charge in [-0.2, -0.15) is 0 Å². The fraction of sp³-hybridized carbons (Fsp3) is 0.158. The highest BCUT2D eigenvalue weighted by molar-refractivity contribution is 5.97. The van der Waals surface area contributed by atoms with Gasteiger partial charge in [-0.25, -0.2) is 19.7 Å². The molecule has 0 saturated carbocycles. The lowest BCUT2D eigenvalue weighted by Crippen LogP contribution is -2.18. The van der Waals surface area contributed by atoms with Crippen molar-refractivity contribution >= 4 is 34.8 Å². The Balaban J connectivity index is 2.09. The number of nitrogens with zero attached hydrogens (tertiary/aromatic N) is 5. The van der Waals surface area contributed by atoms with Crippen LogP contribution in [0.2, 0.25) is 0 Å². The van der Waals surface area contributed by atoms with Crippen LogP contribution in [0.5, 0.6) is 0 Å². The maximum Gasteiger partial charge on any atom is 0.354 e. The predicted molar refractivity (Wildman–Crippen MR) is 107 cm³/mol. The standard InChI is InChI=1S/C19H18N6O4/c1-12-8-9-20-15(10-12)23-17-16(25(27)28)18(22-11-21-17)24(2)14-7-5-4-6-13(14)19(26)29-3/h4-11H,1-3H3,(H,20,21,22,23). The van der Waals surface area contributed by atoms with Gasteiger partial charge in [-0.05, 0) is 36.8 Å². The van der Waals surface area contributed by atoms with E-state index in [0.29, 0.717) is 11.5 Å². The highest BCUT2D eigenvalue weighted by atomic mass is 16.6. The smallest absolute Gasteiger partial charge is 0.354 e. The molecule has 0 atom stereocenters. The number of ether oxygens (including phenoxy) is 1. The fourth-order valence-corrected chi connectivity index (χ4v) is 2.76. The summed E-state index contributed by atoms with van der Waals surface area (Å²) in [6.45, 7) is 1.88. The number of hydrogen-bond donors (Lipinski definition) is 1. The molecule has 0 aliphatic carbocycles. The Morgan fingerprint density at radius 1 is 1.21 bits per heavy atom. The van der Waals surface area contributed by atoms with Gasteiger partial charge >= 0.3 is 11.7 Å². The SMILES string of the molecule is COC(=O)c1ccccc1N(C)c1ncnc(Nc2cc(C)ccn2)c1[N+](=O)[O-]. The van der Waals surface area contributed by atoms with Crippen LogP contribution in [-0.2, 0) is 4.74 Å². The monoisotopic (exact) mass is 394 g/mol. The molecule has 3 aromatic rings. The molecule has 0 unspecified atom stereocenters. The van der Waals surface area contributed by atoms with Crippen LogP contribution < -0.4 is 10.2 Å². The van der Waals surface area contributed by atoms with E-state index in [0.717, 1.165) is 5.56 Å². The maximum atomic E-state index is 12.1. The Morgan fingerprint density at radius 2 is 1.97 bits per heavy atom. The maximum absolute atomic E-state index is 12.1. The molecule has 2 heterocycles. The van der Waals surface area contributed by atoms with Gasteiger partial charge in [-0.15, -0.1) is 0 Å². The number of benzene rings is 1. The van der Waals surface area contributed by atoms with E-state index in [4.69, 9.17) is 4.74 Å². The second-order valence-electron chi connectivity index (χ2n) is 6.06. The third-order valence-electron chi connectivity index (χ3n) is 4.14. The number of para-hydroxylation sites is 1. The lowest BCUT2D eigenvalue weighted by molar-refractivity contribution is -0.383. The number of aryl methyl sites for hydroxylation is 1. The number of carbonyl (C=O) groups excluding carboxylic acids is 1. The molecular formula is C19H18N6O4. The largest absolute Gasteiger partial charge is 0.465 e. The van der Waals surface area contributed by atoms with Crippen molar-refractivity contribution in [3.05, 3.63) is 70.2 Å². The molecule has 1 aromatic carbocycles. The summed E-state index contributed by atoms with van der Waals surface area (Å²) < 4.78 is 4.80. The van der Waals surface area contributed by atoms with Crippen LogP contribution in [0, 0.1) is 17.0 Å². The van der Waals surface area contributed by atoms with E-state index >= 15 is 0 Å². The van der Waals surface area contributed by atoms with Gasteiger partial charge in [0.1, 0.15) is 12.1 Å². The van der Waals surface area contributed by atoms with Crippen LogP contribution in [0.25, 0.3) is 0 Å². The first kappa shape index (κ1) is 19.7. The molecule has 2 aromatic heterocycles. The van der Waals surface area contributed by atoms with Crippen LogP contribution in [-0.4, -0.2) is 40.0 Å². The first-order valence-electron chi connectivity index (χ1n) is 8.52. The van der Waals surface area contributed by atoms with E-state index in [1.165, 1.54) is 18.3 Å². The minimum Gasteiger partial charge on any atom is -0.465 e. The summed E-state index contributed by atoms with van der Waals surface area (Å²) in [7, 11) is 2.84. The van der Waals surface area contributed by atoms with Crippen molar-refractivity contribution in [2.75, 3.05) is 24.4 Å². The number of anilines is 4. The molecule has 0 aliphatic rings. The van der Waals surface area contributed by atoms with Crippen molar-refractivity contribution in [3.63, 3.8) is 0 Å². The zero-order valence-corrected chi connectivity index (χ0v) is 16.0. The second-order valence-corrected chi connectivity index (χ2v) is 6.06. The zero-order chi connectivity index (χ0) is 21.0. The minimum atomic E-state index is -0.579. The van der Waals surface area contributed by atoms with E-state index in [1.54, 1.807) is 43.6 Å². The number of methoxy groups -OCH3 is 1. The molecule has 1 N–H and O–H groups in total. The molecule has 0 fully saturated rings. The van der Waals surface area contributed by atoms with Crippen molar-refractivity contribution in [1.29, 1.82) is 0 Å². The van der Waals surface area contributed by atoms with Crippen molar-refractivity contribution in [3.8, 4) is 0 Å². The average Bonchev–Trinajstić information content (AvgIpc) is 2.72. The van der Waals surface area contributed by atoms with E-state index in [9.17, 15) is 14.9 Å². The molecule has 10 heteroatoms. The first-order chi connectivity index (χ1) is 13.9. The van der Waals surface area contributed by atoms with Crippen LogP contribution in [0.3, 0.4) is 0 Å². The Bertz CT molecular complexity index is 1070. The van der Waals surface area contributed by atoms with Gasteiger partial charge in [0.25, 0.3) is 0 Å². The lowest BCUT2D eigenvalue weighted by Gasteiger charge is -2.21. The number of rotatable bonds is 6. The van der Waals surface area contributed by atoms with E-state index in [-0.39, 0.29) is 22.9 Å². The van der Waals surface area contributed by atoms with Gasteiger partial charge in [0.15, 0.2) is 0 Å². The van der Waals surface area contributed by atoms with Gasteiger partial charge in [-0.1, -0.05) is 12.1 Å². The Hall–Kier alpha value is -4.08. The van der Waals surface area contributed by atoms with Crippen LogP contribution >= 0.6 is 0 Å². The molecule has 0 aliphatic heterocycles. The normalized spacial score (nSPS) is 10.3. The molecular weight excluding hydrogens is 376 g/mol. The summed E-state index contributed by atoms with van der Waals surface area (Å²) in [6, 6.07) is 10.1. The molecule has 0 radical (unpaired) electrons. The average molecular weight is 394 g/mol. The Labute approximate surface area is 166 Å². The molecule has 0 bridgehead atoms. The number of nitro groups is 1. The zero-order valence-electron chi connectivity index (χ0n) is 16.0. The third kappa shape index (κ3) is 4.10. The van der Waals surface area contributed by atoms with Gasteiger partial charge in [-0.3, -0.25) is 10.1 Å². The number of aromatic nitrogens is 3. The number of carbonyl (C=O) groups is 1. The quantitative estimate of drug-likeness (QED) is 0.380. The molecule has 3 rings (SSSR count). The van der Waals surface area contributed by atoms with Crippen LogP contribution in [0.1, 0.15) is 15.9 Å². The molecule has 10 nitrogen and oxygen atoms in total. The lowest BCUT2D eigenvalue weighted by atomic mass is 10.1. The topological polar surface area (TPSA) is 123 Å². The summed E-state index contributed by atoms with van der Waals surface area (Å²) in [5.74, 6) is -0.154. The summed E-state index contributed by atoms with van der Waals surface area (Å²) in [5, 5.41) is 14.7. The minimum absolute atomic E-state index is 0.0107. The number of hydrogen-bond acceptors (Lipinski definition) is 9. The summed E-state index contributed by atoms with van der Waals surface area (Å²) in [5.41, 5.74) is 1.24. The van der Waals surface area contributed by atoms with E-state index in [2.05, 4.69) is 20.3 Å². The van der Waals surface area contributed by atoms with Crippen molar-refractivity contribution in [2.45, 2.75) is 6.92 Å².